The van der Waals surface area contributed by atoms with Crippen LogP contribution in [0.15, 0.2) is 54.6 Å². The number of rotatable bonds is 7. The van der Waals surface area contributed by atoms with Crippen molar-refractivity contribution in [3.05, 3.63) is 65.7 Å². The Bertz CT molecular complexity index is 1030. The highest BCUT2D eigenvalue weighted by atomic mass is 16.5. The standard InChI is InChI=1S/C26H32N4O5/c1-3-13-30-17-24(32)28-21(14-18-7-5-4-6-8-18)25(33)27-16-23(31)29-22(26(30)34)15-19-9-11-20(35-2)12-10-19/h4-12,21-22H,3,13-17H2,1-2H3,(H,27,33)(H,28,32)(H,29,31)/t21?,22-/m0/s1. The zero-order valence-electron chi connectivity index (χ0n) is 20.1. The van der Waals surface area contributed by atoms with E-state index in [1.165, 1.54) is 4.90 Å². The maximum absolute atomic E-state index is 13.4. The summed E-state index contributed by atoms with van der Waals surface area (Å²) in [5.74, 6) is -1.04. The van der Waals surface area contributed by atoms with Gasteiger partial charge in [-0.1, -0.05) is 49.4 Å². The van der Waals surface area contributed by atoms with Gasteiger partial charge in [0, 0.05) is 19.4 Å². The van der Waals surface area contributed by atoms with E-state index in [4.69, 9.17) is 4.74 Å². The lowest BCUT2D eigenvalue weighted by Gasteiger charge is -2.29. The van der Waals surface area contributed by atoms with E-state index in [1.807, 2.05) is 49.4 Å². The van der Waals surface area contributed by atoms with Crippen molar-refractivity contribution >= 4 is 23.6 Å². The van der Waals surface area contributed by atoms with Crippen LogP contribution in [-0.2, 0) is 32.0 Å². The number of hydrogen-bond donors (Lipinski definition) is 3. The first-order chi connectivity index (χ1) is 16.9. The average Bonchev–Trinajstić information content (AvgIpc) is 2.86. The molecule has 2 atom stereocenters. The van der Waals surface area contributed by atoms with Crippen LogP contribution in [0.1, 0.15) is 24.5 Å². The molecule has 3 N–H and O–H groups in total. The molecule has 1 heterocycles. The van der Waals surface area contributed by atoms with Crippen LogP contribution in [0.3, 0.4) is 0 Å². The predicted octanol–water partition coefficient (Wildman–Crippen LogP) is 0.818. The summed E-state index contributed by atoms with van der Waals surface area (Å²) in [5.41, 5.74) is 1.69. The van der Waals surface area contributed by atoms with Crippen molar-refractivity contribution < 1.29 is 23.9 Å². The monoisotopic (exact) mass is 480 g/mol. The van der Waals surface area contributed by atoms with Crippen molar-refractivity contribution in [2.24, 2.45) is 0 Å². The first-order valence-electron chi connectivity index (χ1n) is 11.7. The molecule has 35 heavy (non-hydrogen) atoms. The first-order valence-corrected chi connectivity index (χ1v) is 11.7. The molecule has 1 fully saturated rings. The Morgan fingerprint density at radius 2 is 1.49 bits per heavy atom. The Hall–Kier alpha value is -3.88. The van der Waals surface area contributed by atoms with E-state index in [2.05, 4.69) is 16.0 Å². The summed E-state index contributed by atoms with van der Waals surface area (Å²) in [5, 5.41) is 8.07. The maximum atomic E-state index is 13.4. The fourth-order valence-electron chi connectivity index (χ4n) is 3.96. The SMILES string of the molecule is CCCN1CC(=O)NC(Cc2ccccc2)C(=O)NCC(=O)N[C@@H](Cc2ccc(OC)cc2)C1=O. The fraction of sp³-hybridized carbons (Fsp3) is 0.385. The summed E-state index contributed by atoms with van der Waals surface area (Å²) in [6.07, 6.45) is 1.14. The molecule has 2 aromatic rings. The van der Waals surface area contributed by atoms with Gasteiger partial charge in [-0.15, -0.1) is 0 Å². The normalized spacial score (nSPS) is 19.7. The average molecular weight is 481 g/mol. The van der Waals surface area contributed by atoms with Gasteiger partial charge in [0.15, 0.2) is 0 Å². The minimum atomic E-state index is -0.883. The molecule has 9 heteroatoms. The molecular weight excluding hydrogens is 448 g/mol. The van der Waals surface area contributed by atoms with Gasteiger partial charge in [0.25, 0.3) is 0 Å². The quantitative estimate of drug-likeness (QED) is 0.543. The van der Waals surface area contributed by atoms with Crippen LogP contribution >= 0.6 is 0 Å². The van der Waals surface area contributed by atoms with Gasteiger partial charge < -0.3 is 25.6 Å². The first kappa shape index (κ1) is 25.7. The number of methoxy groups -OCH3 is 1. The number of carbonyl (C=O) groups excluding carboxylic acids is 4. The Labute approximate surface area is 205 Å². The zero-order valence-corrected chi connectivity index (χ0v) is 20.1. The molecule has 0 spiro atoms. The third-order valence-electron chi connectivity index (χ3n) is 5.73. The van der Waals surface area contributed by atoms with Crippen molar-refractivity contribution in [2.45, 2.75) is 38.3 Å². The lowest BCUT2D eigenvalue weighted by atomic mass is 10.0. The zero-order chi connectivity index (χ0) is 25.2. The number of amides is 4. The molecule has 4 amide bonds. The molecule has 0 bridgehead atoms. The van der Waals surface area contributed by atoms with E-state index >= 15 is 0 Å². The molecule has 3 rings (SSSR count). The summed E-state index contributed by atoms with van der Waals surface area (Å²) in [6, 6.07) is 14.7. The fourth-order valence-corrected chi connectivity index (χ4v) is 3.96. The molecule has 1 saturated heterocycles. The third-order valence-corrected chi connectivity index (χ3v) is 5.73. The van der Waals surface area contributed by atoms with Crippen LogP contribution in [0.5, 0.6) is 5.75 Å². The minimum Gasteiger partial charge on any atom is -0.497 e. The summed E-state index contributed by atoms with van der Waals surface area (Å²) >= 11 is 0. The van der Waals surface area contributed by atoms with Crippen LogP contribution in [-0.4, -0.2) is 67.4 Å². The highest BCUT2D eigenvalue weighted by Crippen LogP contribution is 2.14. The highest BCUT2D eigenvalue weighted by Gasteiger charge is 2.30. The van der Waals surface area contributed by atoms with Gasteiger partial charge in [-0.2, -0.15) is 0 Å². The van der Waals surface area contributed by atoms with Crippen LogP contribution in [0.4, 0.5) is 0 Å². The van der Waals surface area contributed by atoms with Gasteiger partial charge in [-0.25, -0.2) is 0 Å². The second-order valence-electron chi connectivity index (χ2n) is 8.46. The van der Waals surface area contributed by atoms with Crippen molar-refractivity contribution in [2.75, 3.05) is 26.7 Å². The third kappa shape index (κ3) is 7.56. The number of benzene rings is 2. The topological polar surface area (TPSA) is 117 Å². The van der Waals surface area contributed by atoms with Gasteiger partial charge in [0.1, 0.15) is 17.8 Å². The Balaban J connectivity index is 1.81. The van der Waals surface area contributed by atoms with Gasteiger partial charge in [0.2, 0.25) is 23.6 Å². The van der Waals surface area contributed by atoms with E-state index in [-0.39, 0.29) is 31.8 Å². The van der Waals surface area contributed by atoms with Crippen molar-refractivity contribution in [3.8, 4) is 5.75 Å². The molecule has 186 valence electrons. The minimum absolute atomic E-state index is 0.208. The van der Waals surface area contributed by atoms with Gasteiger partial charge >= 0.3 is 0 Å². The molecule has 0 saturated carbocycles. The largest absolute Gasteiger partial charge is 0.497 e. The Morgan fingerprint density at radius 1 is 0.857 bits per heavy atom. The van der Waals surface area contributed by atoms with Crippen LogP contribution in [0.2, 0.25) is 0 Å². The van der Waals surface area contributed by atoms with Gasteiger partial charge in [0.05, 0.1) is 20.2 Å². The van der Waals surface area contributed by atoms with E-state index in [0.29, 0.717) is 18.7 Å². The second-order valence-corrected chi connectivity index (χ2v) is 8.46. The molecule has 0 radical (unpaired) electrons. The van der Waals surface area contributed by atoms with Crippen molar-refractivity contribution in [3.63, 3.8) is 0 Å². The molecular formula is C26H32N4O5. The maximum Gasteiger partial charge on any atom is 0.245 e. The van der Waals surface area contributed by atoms with Crippen molar-refractivity contribution in [1.29, 1.82) is 0 Å². The number of nitrogens with one attached hydrogen (secondary N) is 3. The van der Waals surface area contributed by atoms with E-state index in [9.17, 15) is 19.2 Å². The van der Waals surface area contributed by atoms with Crippen LogP contribution in [0.25, 0.3) is 0 Å². The molecule has 0 aliphatic carbocycles. The van der Waals surface area contributed by atoms with E-state index in [1.54, 1.807) is 19.2 Å². The molecule has 0 aromatic heterocycles. The van der Waals surface area contributed by atoms with Gasteiger partial charge in [-0.05, 0) is 29.7 Å². The summed E-state index contributed by atoms with van der Waals surface area (Å²) < 4.78 is 5.18. The van der Waals surface area contributed by atoms with Crippen LogP contribution in [0, 0.1) is 0 Å². The molecule has 1 unspecified atom stereocenters. The summed E-state index contributed by atoms with van der Waals surface area (Å²) in [6.45, 7) is 1.74. The van der Waals surface area contributed by atoms with E-state index in [0.717, 1.165) is 11.1 Å². The smallest absolute Gasteiger partial charge is 0.245 e. The summed E-state index contributed by atoms with van der Waals surface area (Å²) in [4.78, 5) is 53.3. The molecule has 9 nitrogen and oxygen atoms in total. The number of hydrogen-bond acceptors (Lipinski definition) is 5. The lowest BCUT2D eigenvalue weighted by Crippen LogP contribution is -2.57. The number of nitrogens with zero attached hydrogens (tertiary/aromatic N) is 1. The highest BCUT2D eigenvalue weighted by molar-refractivity contribution is 5.95. The Morgan fingerprint density at radius 3 is 2.14 bits per heavy atom. The second kappa shape index (κ2) is 12.5. The molecule has 1 aliphatic heterocycles. The molecule has 1 aliphatic rings. The van der Waals surface area contributed by atoms with Gasteiger partial charge in [-0.3, -0.25) is 19.2 Å². The molecule has 2 aromatic carbocycles. The van der Waals surface area contributed by atoms with Crippen molar-refractivity contribution in [1.82, 2.24) is 20.9 Å². The lowest BCUT2D eigenvalue weighted by molar-refractivity contribution is -0.140. The Kier molecular flexibility index (Phi) is 9.23. The number of ether oxygens (including phenoxy) is 1. The van der Waals surface area contributed by atoms with Crippen LogP contribution < -0.4 is 20.7 Å². The predicted molar refractivity (Wildman–Crippen MR) is 131 cm³/mol. The summed E-state index contributed by atoms with van der Waals surface area (Å²) in [7, 11) is 1.57. The number of carbonyl (C=O) groups is 4. The van der Waals surface area contributed by atoms with E-state index < -0.39 is 29.8 Å².